The van der Waals surface area contributed by atoms with Crippen LogP contribution in [0.5, 0.6) is 11.5 Å². The largest absolute Gasteiger partial charge is 0.457 e. The summed E-state index contributed by atoms with van der Waals surface area (Å²) in [7, 11) is 0. The van der Waals surface area contributed by atoms with Gasteiger partial charge >= 0.3 is 0 Å². The van der Waals surface area contributed by atoms with E-state index >= 15 is 0 Å². The lowest BCUT2D eigenvalue weighted by molar-refractivity contribution is 0.0955. The lowest BCUT2D eigenvalue weighted by Crippen LogP contribution is -2.17. The van der Waals surface area contributed by atoms with Gasteiger partial charge in [-0.3, -0.25) is 9.78 Å². The molecule has 0 fully saturated rings. The maximum Gasteiger partial charge on any atom is 0.272 e. The molecule has 3 rings (SSSR count). The molecule has 0 aliphatic carbocycles. The predicted octanol–water partition coefficient (Wildman–Crippen LogP) is 3.95. The van der Waals surface area contributed by atoms with E-state index in [1.807, 2.05) is 61.5 Å². The average molecular weight is 331 g/mol. The molecule has 124 valence electrons. The first-order chi connectivity index (χ1) is 12.2. The van der Waals surface area contributed by atoms with Gasteiger partial charge in [0.15, 0.2) is 0 Å². The number of hydrazone groups is 1. The molecule has 1 N–H and O–H groups in total. The molecule has 0 spiro atoms. The van der Waals surface area contributed by atoms with Crippen molar-refractivity contribution in [1.82, 2.24) is 10.4 Å². The van der Waals surface area contributed by atoms with Crippen LogP contribution in [-0.2, 0) is 0 Å². The van der Waals surface area contributed by atoms with E-state index in [1.54, 1.807) is 18.3 Å². The fraction of sp³-hybridized carbons (Fsp3) is 0.0500. The fourth-order valence-corrected chi connectivity index (χ4v) is 2.12. The standard InChI is InChI=1S/C20H17N3O2/c1-15-10-11-17(14-21-15)20(24)23-22-13-16-6-5-9-19(12-16)25-18-7-3-2-4-8-18/h2-14H,1H3,(H,23,24)/b22-13+. The molecule has 5 nitrogen and oxygen atoms in total. The first-order valence-electron chi connectivity index (χ1n) is 7.80. The van der Waals surface area contributed by atoms with Gasteiger partial charge in [0, 0.05) is 11.9 Å². The molecule has 0 bridgehead atoms. The molecule has 0 saturated heterocycles. The highest BCUT2D eigenvalue weighted by Gasteiger charge is 2.03. The van der Waals surface area contributed by atoms with Crippen LogP contribution >= 0.6 is 0 Å². The van der Waals surface area contributed by atoms with Crippen LogP contribution in [0, 0.1) is 6.92 Å². The number of hydrogen-bond donors (Lipinski definition) is 1. The van der Waals surface area contributed by atoms with Gasteiger partial charge < -0.3 is 4.74 Å². The maximum absolute atomic E-state index is 12.0. The Labute approximate surface area is 146 Å². The van der Waals surface area contributed by atoms with Crippen LogP contribution in [-0.4, -0.2) is 17.1 Å². The van der Waals surface area contributed by atoms with Crippen LogP contribution in [0.4, 0.5) is 0 Å². The molecular weight excluding hydrogens is 314 g/mol. The van der Waals surface area contributed by atoms with Crippen molar-refractivity contribution in [2.75, 3.05) is 0 Å². The average Bonchev–Trinajstić information content (AvgIpc) is 2.63. The van der Waals surface area contributed by atoms with Gasteiger partial charge in [-0.1, -0.05) is 30.3 Å². The van der Waals surface area contributed by atoms with E-state index in [4.69, 9.17) is 4.74 Å². The van der Waals surface area contributed by atoms with Crippen molar-refractivity contribution in [2.24, 2.45) is 5.10 Å². The zero-order valence-corrected chi connectivity index (χ0v) is 13.7. The molecule has 0 aliphatic rings. The third-order valence-electron chi connectivity index (χ3n) is 3.39. The van der Waals surface area contributed by atoms with Gasteiger partial charge in [-0.2, -0.15) is 5.10 Å². The normalized spacial score (nSPS) is 10.6. The second-order valence-electron chi connectivity index (χ2n) is 5.37. The second kappa shape index (κ2) is 7.88. The van der Waals surface area contributed by atoms with Crippen molar-refractivity contribution in [3.8, 4) is 11.5 Å². The van der Waals surface area contributed by atoms with Gasteiger partial charge in [0.25, 0.3) is 5.91 Å². The van der Waals surface area contributed by atoms with Crippen molar-refractivity contribution >= 4 is 12.1 Å². The lowest BCUT2D eigenvalue weighted by atomic mass is 10.2. The third kappa shape index (κ3) is 4.75. The summed E-state index contributed by atoms with van der Waals surface area (Å²) in [6, 6.07) is 20.5. The van der Waals surface area contributed by atoms with Crippen LogP contribution in [0.25, 0.3) is 0 Å². The number of aromatic nitrogens is 1. The highest BCUT2D eigenvalue weighted by atomic mass is 16.5. The van der Waals surface area contributed by atoms with E-state index in [0.29, 0.717) is 11.3 Å². The fourth-order valence-electron chi connectivity index (χ4n) is 2.12. The Morgan fingerprint density at radius 2 is 1.84 bits per heavy atom. The Bertz CT molecular complexity index is 875. The molecule has 0 unspecified atom stereocenters. The number of ether oxygens (including phenoxy) is 1. The van der Waals surface area contributed by atoms with Gasteiger partial charge in [0.05, 0.1) is 11.8 Å². The number of pyridine rings is 1. The Hall–Kier alpha value is -3.47. The number of aryl methyl sites for hydroxylation is 1. The number of para-hydroxylation sites is 1. The molecule has 25 heavy (non-hydrogen) atoms. The van der Waals surface area contributed by atoms with Crippen molar-refractivity contribution in [3.63, 3.8) is 0 Å². The van der Waals surface area contributed by atoms with E-state index in [0.717, 1.165) is 17.0 Å². The molecule has 1 amide bonds. The van der Waals surface area contributed by atoms with Crippen molar-refractivity contribution in [2.45, 2.75) is 6.92 Å². The maximum atomic E-state index is 12.0. The molecule has 2 aromatic carbocycles. The van der Waals surface area contributed by atoms with Gasteiger partial charge in [0.1, 0.15) is 11.5 Å². The SMILES string of the molecule is Cc1ccc(C(=O)N/N=C/c2cccc(Oc3ccccc3)c2)cn1. The van der Waals surface area contributed by atoms with Gasteiger partial charge in [-0.05, 0) is 48.9 Å². The molecule has 1 aromatic heterocycles. The highest BCUT2D eigenvalue weighted by molar-refractivity contribution is 5.94. The Morgan fingerprint density at radius 3 is 2.60 bits per heavy atom. The number of hydrogen-bond acceptors (Lipinski definition) is 4. The summed E-state index contributed by atoms with van der Waals surface area (Å²) in [5.41, 5.74) is 4.62. The lowest BCUT2D eigenvalue weighted by Gasteiger charge is -2.05. The minimum absolute atomic E-state index is 0.305. The van der Waals surface area contributed by atoms with Crippen LogP contribution in [0.3, 0.4) is 0 Å². The number of benzene rings is 2. The molecule has 5 heteroatoms. The molecule has 0 atom stereocenters. The van der Waals surface area contributed by atoms with Gasteiger partial charge in [-0.25, -0.2) is 5.43 Å². The minimum atomic E-state index is -0.305. The minimum Gasteiger partial charge on any atom is -0.457 e. The van der Waals surface area contributed by atoms with E-state index in [-0.39, 0.29) is 5.91 Å². The second-order valence-corrected chi connectivity index (χ2v) is 5.37. The van der Waals surface area contributed by atoms with E-state index < -0.39 is 0 Å². The van der Waals surface area contributed by atoms with Crippen LogP contribution in [0.15, 0.2) is 78.0 Å². The summed E-state index contributed by atoms with van der Waals surface area (Å²) in [5.74, 6) is 1.15. The predicted molar refractivity (Wildman–Crippen MR) is 97.0 cm³/mol. The number of carbonyl (C=O) groups excluding carboxylic acids is 1. The summed E-state index contributed by atoms with van der Waals surface area (Å²) in [6.07, 6.45) is 3.09. The smallest absolute Gasteiger partial charge is 0.272 e. The van der Waals surface area contributed by atoms with Gasteiger partial charge in [0.2, 0.25) is 0 Å². The molecular formula is C20H17N3O2. The van der Waals surface area contributed by atoms with Gasteiger partial charge in [-0.15, -0.1) is 0 Å². The number of nitrogens with zero attached hydrogens (tertiary/aromatic N) is 2. The Morgan fingerprint density at radius 1 is 1.04 bits per heavy atom. The summed E-state index contributed by atoms with van der Waals surface area (Å²) in [4.78, 5) is 16.1. The van der Waals surface area contributed by atoms with E-state index in [2.05, 4.69) is 15.5 Å². The van der Waals surface area contributed by atoms with E-state index in [1.165, 1.54) is 6.20 Å². The topological polar surface area (TPSA) is 63.6 Å². The zero-order valence-electron chi connectivity index (χ0n) is 13.7. The molecule has 0 saturated carbocycles. The van der Waals surface area contributed by atoms with Crippen LogP contribution in [0.1, 0.15) is 21.6 Å². The molecule has 3 aromatic rings. The molecule has 0 aliphatic heterocycles. The Kier molecular flexibility index (Phi) is 5.16. The Balaban J connectivity index is 1.62. The number of rotatable bonds is 5. The monoisotopic (exact) mass is 331 g/mol. The summed E-state index contributed by atoms with van der Waals surface area (Å²) in [6.45, 7) is 1.87. The first-order valence-corrected chi connectivity index (χ1v) is 7.80. The first kappa shape index (κ1) is 16.4. The number of carbonyl (C=O) groups is 1. The summed E-state index contributed by atoms with van der Waals surface area (Å²) >= 11 is 0. The van der Waals surface area contributed by atoms with Crippen LogP contribution in [0.2, 0.25) is 0 Å². The zero-order chi connectivity index (χ0) is 17.5. The highest BCUT2D eigenvalue weighted by Crippen LogP contribution is 2.21. The summed E-state index contributed by atoms with van der Waals surface area (Å²) < 4.78 is 5.77. The van der Waals surface area contributed by atoms with Crippen molar-refractivity contribution < 1.29 is 9.53 Å². The van der Waals surface area contributed by atoms with Crippen LogP contribution < -0.4 is 10.2 Å². The molecule has 1 heterocycles. The number of nitrogens with one attached hydrogen (secondary N) is 1. The quantitative estimate of drug-likeness (QED) is 0.569. The number of amides is 1. The van der Waals surface area contributed by atoms with Crippen molar-refractivity contribution in [3.05, 3.63) is 89.7 Å². The van der Waals surface area contributed by atoms with E-state index in [9.17, 15) is 4.79 Å². The summed E-state index contributed by atoms with van der Waals surface area (Å²) in [5, 5.41) is 3.98. The third-order valence-corrected chi connectivity index (χ3v) is 3.39. The molecule has 0 radical (unpaired) electrons. The van der Waals surface area contributed by atoms with Crippen molar-refractivity contribution in [1.29, 1.82) is 0 Å².